The predicted molar refractivity (Wildman–Crippen MR) is 102 cm³/mol. The van der Waals surface area contributed by atoms with Crippen LogP contribution in [0.2, 0.25) is 0 Å². The minimum absolute atomic E-state index is 0.00937. The Morgan fingerprint density at radius 3 is 2.54 bits per heavy atom. The van der Waals surface area contributed by atoms with E-state index in [1.807, 2.05) is 0 Å². The lowest BCUT2D eigenvalue weighted by Crippen LogP contribution is -2.42. The van der Waals surface area contributed by atoms with Crippen molar-refractivity contribution in [2.24, 2.45) is 0 Å². The normalized spacial score (nSPS) is 17.5. The van der Waals surface area contributed by atoms with Crippen molar-refractivity contribution in [2.75, 3.05) is 13.2 Å². The predicted octanol–water partition coefficient (Wildman–Crippen LogP) is 2.80. The summed E-state index contributed by atoms with van der Waals surface area (Å²) in [6.07, 6.45) is 4.44. The maximum Gasteiger partial charge on any atom is 0.307 e. The molecule has 1 amide bonds. The fraction of sp³-hybridized carbons (Fsp3) is 0.571. The van der Waals surface area contributed by atoms with Gasteiger partial charge in [0.05, 0.1) is 6.42 Å². The molecule has 1 aromatic rings. The Hall–Kier alpha value is -2.57. The van der Waals surface area contributed by atoms with Crippen molar-refractivity contribution in [1.82, 2.24) is 5.32 Å². The van der Waals surface area contributed by atoms with E-state index in [0.717, 1.165) is 25.7 Å². The van der Waals surface area contributed by atoms with Crippen molar-refractivity contribution in [3.05, 3.63) is 23.8 Å². The minimum atomic E-state index is -0.862. The first kappa shape index (κ1) is 20.2. The Morgan fingerprint density at radius 1 is 1.07 bits per heavy atom. The molecule has 7 nitrogen and oxygen atoms in total. The molecule has 1 saturated carbocycles. The molecule has 0 spiro atoms. The fourth-order valence-corrected chi connectivity index (χ4v) is 3.45. The maximum absolute atomic E-state index is 12.3. The highest BCUT2D eigenvalue weighted by Gasteiger charge is 2.23. The van der Waals surface area contributed by atoms with Gasteiger partial charge >= 0.3 is 5.97 Å². The number of carbonyl (C=O) groups excluding carboxylic acids is 3. The third-order valence-corrected chi connectivity index (χ3v) is 5.05. The van der Waals surface area contributed by atoms with Crippen LogP contribution in [0.1, 0.15) is 62.2 Å². The van der Waals surface area contributed by atoms with Crippen LogP contribution in [0.3, 0.4) is 0 Å². The van der Waals surface area contributed by atoms with Gasteiger partial charge in [-0.3, -0.25) is 14.4 Å². The van der Waals surface area contributed by atoms with Crippen LogP contribution in [0.25, 0.3) is 0 Å². The van der Waals surface area contributed by atoms with Gasteiger partial charge in [0.1, 0.15) is 13.2 Å². The van der Waals surface area contributed by atoms with Crippen LogP contribution in [0.5, 0.6) is 11.5 Å². The average Bonchev–Trinajstić information content (AvgIpc) is 2.72. The largest absolute Gasteiger partial charge is 0.486 e. The van der Waals surface area contributed by atoms with Gasteiger partial charge in [-0.25, -0.2) is 0 Å². The number of ketones is 1. The fourth-order valence-electron chi connectivity index (χ4n) is 3.45. The third kappa shape index (κ3) is 5.47. The van der Waals surface area contributed by atoms with E-state index in [0.29, 0.717) is 30.3 Å². The van der Waals surface area contributed by atoms with Crippen LogP contribution in [0, 0.1) is 0 Å². The molecule has 0 aromatic heterocycles. The van der Waals surface area contributed by atoms with Crippen molar-refractivity contribution < 1.29 is 28.6 Å². The second-order valence-electron chi connectivity index (χ2n) is 7.26. The van der Waals surface area contributed by atoms with E-state index in [2.05, 4.69) is 5.32 Å². The van der Waals surface area contributed by atoms with Crippen molar-refractivity contribution in [1.29, 1.82) is 0 Å². The van der Waals surface area contributed by atoms with Gasteiger partial charge in [-0.15, -0.1) is 0 Å². The van der Waals surface area contributed by atoms with Gasteiger partial charge in [-0.2, -0.15) is 0 Å². The molecule has 28 heavy (non-hydrogen) atoms. The van der Waals surface area contributed by atoms with Gasteiger partial charge in [0.2, 0.25) is 0 Å². The van der Waals surface area contributed by atoms with E-state index in [1.165, 1.54) is 6.42 Å². The number of rotatable bonds is 7. The lowest BCUT2D eigenvalue weighted by Gasteiger charge is -2.24. The van der Waals surface area contributed by atoms with Crippen LogP contribution in [0.4, 0.5) is 0 Å². The zero-order valence-corrected chi connectivity index (χ0v) is 16.2. The first-order valence-corrected chi connectivity index (χ1v) is 9.95. The number of nitrogens with one attached hydrogen (secondary N) is 1. The second kappa shape index (κ2) is 9.57. The Labute approximate surface area is 164 Å². The van der Waals surface area contributed by atoms with Crippen molar-refractivity contribution in [3.63, 3.8) is 0 Å². The van der Waals surface area contributed by atoms with Crippen LogP contribution in [-0.2, 0) is 14.3 Å². The van der Waals surface area contributed by atoms with E-state index < -0.39 is 12.1 Å². The van der Waals surface area contributed by atoms with Gasteiger partial charge in [-0.1, -0.05) is 19.3 Å². The number of Topliss-reactive ketones (excluding diaryl/α,β-unsaturated/α-hetero) is 1. The van der Waals surface area contributed by atoms with Crippen LogP contribution >= 0.6 is 0 Å². The lowest BCUT2D eigenvalue weighted by molar-refractivity contribution is -0.155. The molecule has 1 aliphatic carbocycles. The van der Waals surface area contributed by atoms with Gasteiger partial charge in [0.25, 0.3) is 5.91 Å². The number of hydrogen-bond donors (Lipinski definition) is 1. The molecule has 0 bridgehead atoms. The van der Waals surface area contributed by atoms with Gasteiger partial charge in [0, 0.05) is 18.0 Å². The third-order valence-electron chi connectivity index (χ3n) is 5.05. The highest BCUT2D eigenvalue weighted by Crippen LogP contribution is 2.31. The summed E-state index contributed by atoms with van der Waals surface area (Å²) < 4.78 is 16.1. The molecule has 152 valence electrons. The second-order valence-corrected chi connectivity index (χ2v) is 7.26. The summed E-state index contributed by atoms with van der Waals surface area (Å²) in [7, 11) is 0. The molecule has 3 rings (SSSR count). The Kier molecular flexibility index (Phi) is 6.90. The van der Waals surface area contributed by atoms with Crippen LogP contribution in [0.15, 0.2) is 18.2 Å². The molecule has 1 N–H and O–H groups in total. The monoisotopic (exact) mass is 389 g/mol. The number of hydrogen-bond acceptors (Lipinski definition) is 6. The molecule has 0 radical (unpaired) electrons. The molecular weight excluding hydrogens is 362 g/mol. The number of esters is 1. The lowest BCUT2D eigenvalue weighted by atomic mass is 9.95. The number of amides is 1. The topological polar surface area (TPSA) is 90.9 Å². The highest BCUT2D eigenvalue weighted by atomic mass is 16.6. The standard InChI is InChI=1S/C21H27NO6/c1-14(21(25)22-16-5-3-2-4-6-16)28-20(24)10-8-17(23)15-7-9-18-19(13-15)27-12-11-26-18/h7,9,13-14,16H,2-6,8,10-12H2,1H3,(H,22,25). The molecule has 7 heteroatoms. The maximum atomic E-state index is 12.3. The van der Waals surface area contributed by atoms with E-state index in [9.17, 15) is 14.4 Å². The summed E-state index contributed by atoms with van der Waals surface area (Å²) in [5.41, 5.74) is 0.458. The first-order chi connectivity index (χ1) is 13.5. The summed E-state index contributed by atoms with van der Waals surface area (Å²) in [5.74, 6) is 0.122. The number of fused-ring (bicyclic) bond motifs is 1. The highest BCUT2D eigenvalue weighted by molar-refractivity contribution is 5.98. The van der Waals surface area contributed by atoms with Gasteiger partial charge < -0.3 is 19.5 Å². The zero-order valence-electron chi connectivity index (χ0n) is 16.2. The SMILES string of the molecule is CC(OC(=O)CCC(=O)c1ccc2c(c1)OCCO2)C(=O)NC1CCCCC1. The quantitative estimate of drug-likeness (QED) is 0.570. The van der Waals surface area contributed by atoms with E-state index in [-0.39, 0.29) is 30.6 Å². The smallest absolute Gasteiger partial charge is 0.307 e. The molecule has 2 aliphatic rings. The zero-order chi connectivity index (χ0) is 19.9. The van der Waals surface area contributed by atoms with Gasteiger partial charge in [-0.05, 0) is 38.0 Å². The summed E-state index contributed by atoms with van der Waals surface area (Å²) in [4.78, 5) is 36.5. The number of carbonyl (C=O) groups is 3. The summed E-state index contributed by atoms with van der Waals surface area (Å²) >= 11 is 0. The molecule has 0 saturated heterocycles. The summed E-state index contributed by atoms with van der Waals surface area (Å²) in [6.45, 7) is 2.48. The van der Waals surface area contributed by atoms with E-state index in [1.54, 1.807) is 25.1 Å². The summed E-state index contributed by atoms with van der Waals surface area (Å²) in [5, 5.41) is 2.93. The molecule has 1 aromatic carbocycles. The van der Waals surface area contributed by atoms with Crippen molar-refractivity contribution in [2.45, 2.75) is 64.0 Å². The molecule has 1 unspecified atom stereocenters. The van der Waals surface area contributed by atoms with E-state index >= 15 is 0 Å². The van der Waals surface area contributed by atoms with Crippen molar-refractivity contribution in [3.8, 4) is 11.5 Å². The Bertz CT molecular complexity index is 726. The average molecular weight is 389 g/mol. The molecule has 1 aliphatic heterocycles. The van der Waals surface area contributed by atoms with E-state index in [4.69, 9.17) is 14.2 Å². The molecule has 1 atom stereocenters. The van der Waals surface area contributed by atoms with Crippen molar-refractivity contribution >= 4 is 17.7 Å². The minimum Gasteiger partial charge on any atom is -0.486 e. The van der Waals surface area contributed by atoms with Crippen LogP contribution < -0.4 is 14.8 Å². The number of benzene rings is 1. The van der Waals surface area contributed by atoms with Gasteiger partial charge in [0.15, 0.2) is 23.4 Å². The summed E-state index contributed by atoms with van der Waals surface area (Å²) in [6, 6.07) is 5.14. The van der Waals surface area contributed by atoms with Crippen LogP contribution in [-0.4, -0.2) is 43.0 Å². The Balaban J connectivity index is 1.43. The molecular formula is C21H27NO6. The molecule has 1 heterocycles. The first-order valence-electron chi connectivity index (χ1n) is 9.95. The molecule has 1 fully saturated rings. The number of ether oxygens (including phenoxy) is 3. The Morgan fingerprint density at radius 2 is 1.79 bits per heavy atom.